The Kier molecular flexibility index (Phi) is 9.38. The molecule has 202 valence electrons. The first-order chi connectivity index (χ1) is 19.2. The SMILES string of the molecule is COc1ccccc1[C@H]1[C@H](OCc2ccccc2)[C@H](OCc2ccccc2)[C@@H](COCc2ccccc2)N1O. The summed E-state index contributed by atoms with van der Waals surface area (Å²) in [7, 11) is 1.64. The van der Waals surface area contributed by atoms with E-state index in [9.17, 15) is 5.21 Å². The van der Waals surface area contributed by atoms with Gasteiger partial charge in [0.1, 0.15) is 18.0 Å². The molecular formula is C33H35NO5. The summed E-state index contributed by atoms with van der Waals surface area (Å²) in [5.41, 5.74) is 4.00. The lowest BCUT2D eigenvalue weighted by atomic mass is 9.99. The van der Waals surface area contributed by atoms with Gasteiger partial charge in [-0.05, 0) is 22.8 Å². The summed E-state index contributed by atoms with van der Waals surface area (Å²) >= 11 is 0. The Bertz CT molecular complexity index is 1270. The van der Waals surface area contributed by atoms with Crippen molar-refractivity contribution < 1.29 is 24.2 Å². The van der Waals surface area contributed by atoms with Crippen LogP contribution in [0.1, 0.15) is 28.3 Å². The monoisotopic (exact) mass is 525 g/mol. The second kappa shape index (κ2) is 13.5. The summed E-state index contributed by atoms with van der Waals surface area (Å²) in [5.74, 6) is 0.683. The van der Waals surface area contributed by atoms with Gasteiger partial charge in [-0.3, -0.25) is 0 Å². The maximum Gasteiger partial charge on any atom is 0.123 e. The van der Waals surface area contributed by atoms with Crippen molar-refractivity contribution in [3.05, 3.63) is 138 Å². The zero-order chi connectivity index (χ0) is 26.9. The minimum atomic E-state index is -0.518. The van der Waals surface area contributed by atoms with Gasteiger partial charge >= 0.3 is 0 Å². The predicted octanol–water partition coefficient (Wildman–Crippen LogP) is 6.20. The van der Waals surface area contributed by atoms with Gasteiger partial charge in [0.05, 0.1) is 45.6 Å². The molecule has 0 aliphatic carbocycles. The Hall–Kier alpha value is -3.52. The molecule has 1 saturated heterocycles. The van der Waals surface area contributed by atoms with E-state index >= 15 is 0 Å². The van der Waals surface area contributed by atoms with Crippen molar-refractivity contribution in [2.45, 2.75) is 44.1 Å². The van der Waals surface area contributed by atoms with Gasteiger partial charge in [-0.25, -0.2) is 0 Å². The largest absolute Gasteiger partial charge is 0.496 e. The van der Waals surface area contributed by atoms with Crippen molar-refractivity contribution in [3.8, 4) is 5.75 Å². The standard InChI is InChI=1S/C33H35NO5/c1-36-30-20-12-11-19-28(30)31-33(39-23-27-17-9-4-10-18-27)32(38-22-26-15-7-3-8-16-26)29(34(31)35)24-37-21-25-13-5-2-6-14-25/h2-20,29,31-33,35H,21-24H2,1H3/t29-,31+,32-,33+/m1/s1. The van der Waals surface area contributed by atoms with Crippen molar-refractivity contribution in [2.24, 2.45) is 0 Å². The lowest BCUT2D eigenvalue weighted by molar-refractivity contribution is -0.167. The van der Waals surface area contributed by atoms with Gasteiger partial charge in [0, 0.05) is 5.56 Å². The van der Waals surface area contributed by atoms with Crippen molar-refractivity contribution in [3.63, 3.8) is 0 Å². The molecule has 1 aliphatic rings. The van der Waals surface area contributed by atoms with E-state index in [-0.39, 0.29) is 6.61 Å². The van der Waals surface area contributed by atoms with Gasteiger partial charge in [-0.2, -0.15) is 5.06 Å². The zero-order valence-electron chi connectivity index (χ0n) is 22.1. The van der Waals surface area contributed by atoms with Crippen LogP contribution in [0.15, 0.2) is 115 Å². The molecule has 39 heavy (non-hydrogen) atoms. The molecule has 0 aromatic heterocycles. The molecule has 6 heteroatoms. The molecule has 1 aliphatic heterocycles. The highest BCUT2D eigenvalue weighted by atomic mass is 16.6. The summed E-state index contributed by atoms with van der Waals surface area (Å²) in [5, 5.41) is 13.0. The summed E-state index contributed by atoms with van der Waals surface area (Å²) in [6.45, 7) is 1.47. The van der Waals surface area contributed by atoms with E-state index in [4.69, 9.17) is 18.9 Å². The van der Waals surface area contributed by atoms with Crippen molar-refractivity contribution in [2.75, 3.05) is 13.7 Å². The first-order valence-corrected chi connectivity index (χ1v) is 13.3. The molecule has 0 amide bonds. The van der Waals surface area contributed by atoms with Gasteiger partial charge in [0.25, 0.3) is 0 Å². The quantitative estimate of drug-likeness (QED) is 0.238. The number of hydrogen-bond donors (Lipinski definition) is 1. The van der Waals surface area contributed by atoms with Gasteiger partial charge in [-0.1, -0.05) is 109 Å². The first-order valence-electron chi connectivity index (χ1n) is 13.3. The van der Waals surface area contributed by atoms with Gasteiger partial charge in [0.15, 0.2) is 0 Å². The van der Waals surface area contributed by atoms with Crippen LogP contribution >= 0.6 is 0 Å². The number of benzene rings is 4. The number of hydroxylamine groups is 2. The lowest BCUT2D eigenvalue weighted by Crippen LogP contribution is -2.40. The highest BCUT2D eigenvalue weighted by molar-refractivity contribution is 5.38. The second-order valence-electron chi connectivity index (χ2n) is 9.66. The average molecular weight is 526 g/mol. The number of nitrogens with zero attached hydrogens (tertiary/aromatic N) is 1. The fourth-order valence-electron chi connectivity index (χ4n) is 5.10. The Morgan fingerprint density at radius 1 is 0.615 bits per heavy atom. The van der Waals surface area contributed by atoms with Gasteiger partial charge in [-0.15, -0.1) is 0 Å². The predicted molar refractivity (Wildman–Crippen MR) is 149 cm³/mol. The topological polar surface area (TPSA) is 60.4 Å². The van der Waals surface area contributed by atoms with E-state index in [1.54, 1.807) is 7.11 Å². The smallest absolute Gasteiger partial charge is 0.123 e. The normalized spacial score (nSPS) is 21.2. The molecule has 1 fully saturated rings. The first kappa shape index (κ1) is 27.1. The molecule has 0 spiro atoms. The van der Waals surface area contributed by atoms with E-state index in [0.717, 1.165) is 22.3 Å². The Balaban J connectivity index is 1.44. The van der Waals surface area contributed by atoms with E-state index in [1.165, 1.54) is 5.06 Å². The summed E-state index contributed by atoms with van der Waals surface area (Å²) in [6.07, 6.45) is -0.954. The molecule has 0 unspecified atom stereocenters. The Morgan fingerprint density at radius 3 is 1.67 bits per heavy atom. The molecule has 4 aromatic rings. The van der Waals surface area contributed by atoms with Gasteiger partial charge in [0.2, 0.25) is 0 Å². The average Bonchev–Trinajstić information content (AvgIpc) is 3.26. The minimum Gasteiger partial charge on any atom is -0.496 e. The van der Waals surface area contributed by atoms with Crippen LogP contribution in [0.3, 0.4) is 0 Å². The third kappa shape index (κ3) is 6.74. The number of hydrogen-bond acceptors (Lipinski definition) is 6. The second-order valence-corrected chi connectivity index (χ2v) is 9.66. The maximum atomic E-state index is 11.7. The van der Waals surface area contributed by atoms with E-state index in [2.05, 4.69) is 0 Å². The fraction of sp³-hybridized carbons (Fsp3) is 0.273. The molecule has 4 aromatic carbocycles. The molecule has 0 bridgehead atoms. The van der Waals surface area contributed by atoms with Crippen molar-refractivity contribution >= 4 is 0 Å². The maximum absolute atomic E-state index is 11.7. The number of rotatable bonds is 12. The molecule has 0 saturated carbocycles. The molecule has 0 radical (unpaired) electrons. The zero-order valence-corrected chi connectivity index (χ0v) is 22.1. The molecule has 1 heterocycles. The Labute approximate surface area is 230 Å². The van der Waals surface area contributed by atoms with E-state index in [1.807, 2.05) is 115 Å². The van der Waals surface area contributed by atoms with Crippen LogP contribution < -0.4 is 4.74 Å². The molecule has 4 atom stereocenters. The van der Waals surface area contributed by atoms with Gasteiger partial charge < -0.3 is 24.2 Å². The van der Waals surface area contributed by atoms with Crippen LogP contribution in [-0.4, -0.2) is 42.2 Å². The molecule has 1 N–H and O–H groups in total. The van der Waals surface area contributed by atoms with E-state index in [0.29, 0.717) is 25.6 Å². The number of para-hydroxylation sites is 1. The molecule has 6 nitrogen and oxygen atoms in total. The summed E-state index contributed by atoms with van der Waals surface area (Å²) < 4.78 is 25.0. The van der Waals surface area contributed by atoms with Crippen LogP contribution in [0.4, 0.5) is 0 Å². The minimum absolute atomic E-state index is 0.266. The highest BCUT2D eigenvalue weighted by Gasteiger charge is 2.52. The fourth-order valence-corrected chi connectivity index (χ4v) is 5.10. The van der Waals surface area contributed by atoms with Crippen molar-refractivity contribution in [1.82, 2.24) is 5.06 Å². The lowest BCUT2D eigenvalue weighted by Gasteiger charge is -2.27. The highest BCUT2D eigenvalue weighted by Crippen LogP contribution is 2.42. The molecular weight excluding hydrogens is 490 g/mol. The van der Waals surface area contributed by atoms with Crippen LogP contribution in [0, 0.1) is 0 Å². The van der Waals surface area contributed by atoms with E-state index < -0.39 is 24.3 Å². The Morgan fingerprint density at radius 2 is 1.10 bits per heavy atom. The van der Waals surface area contributed by atoms with Crippen molar-refractivity contribution in [1.29, 1.82) is 0 Å². The third-order valence-corrected chi connectivity index (χ3v) is 7.07. The van der Waals surface area contributed by atoms with Crippen LogP contribution in [-0.2, 0) is 34.0 Å². The number of methoxy groups -OCH3 is 1. The summed E-state index contributed by atoms with van der Waals surface area (Å²) in [4.78, 5) is 0. The third-order valence-electron chi connectivity index (χ3n) is 7.07. The van der Waals surface area contributed by atoms with Crippen LogP contribution in [0.25, 0.3) is 0 Å². The van der Waals surface area contributed by atoms with Crippen LogP contribution in [0.5, 0.6) is 5.75 Å². The summed E-state index contributed by atoms with van der Waals surface area (Å²) in [6, 6.07) is 36.8. The molecule has 5 rings (SSSR count). The number of ether oxygens (including phenoxy) is 4. The van der Waals surface area contributed by atoms with Crippen LogP contribution in [0.2, 0.25) is 0 Å².